The lowest BCUT2D eigenvalue weighted by Gasteiger charge is -1.96. The lowest BCUT2D eigenvalue weighted by atomic mass is 10.3. The van der Waals surface area contributed by atoms with Gasteiger partial charge < -0.3 is 0 Å². The fraction of sp³-hybridized carbons (Fsp3) is 0.143. The Morgan fingerprint density at radius 1 is 1.50 bits per heavy atom. The largest absolute Gasteiger partial charge is 0.265 e. The summed E-state index contributed by atoms with van der Waals surface area (Å²) in [5.74, 6) is -0.408. The molecule has 5 heteroatoms. The van der Waals surface area contributed by atoms with E-state index in [1.165, 1.54) is 10.9 Å². The third-order valence-electron chi connectivity index (χ3n) is 1.68. The van der Waals surface area contributed by atoms with Gasteiger partial charge in [-0.05, 0) is 0 Å². The van der Waals surface area contributed by atoms with Crippen molar-refractivity contribution in [2.45, 2.75) is 0 Å². The lowest BCUT2D eigenvalue weighted by Crippen LogP contribution is -1.92. The van der Waals surface area contributed by atoms with Crippen molar-refractivity contribution >= 4 is 22.5 Å². The first kappa shape index (κ1) is 7.49. The van der Waals surface area contributed by atoms with Gasteiger partial charge in [-0.3, -0.25) is 4.68 Å². The highest BCUT2D eigenvalue weighted by atomic mass is 35.5. The molecule has 0 aliphatic heterocycles. The topological polar surface area (TPSA) is 30.7 Å². The summed E-state index contributed by atoms with van der Waals surface area (Å²) in [6.45, 7) is 0. The lowest BCUT2D eigenvalue weighted by molar-refractivity contribution is 0.620. The Labute approximate surface area is 72.8 Å². The van der Waals surface area contributed by atoms with Gasteiger partial charge in [0, 0.05) is 7.05 Å². The Morgan fingerprint density at radius 2 is 2.25 bits per heavy atom. The third-order valence-corrected chi connectivity index (χ3v) is 1.98. The van der Waals surface area contributed by atoms with Gasteiger partial charge >= 0.3 is 0 Å². The Bertz CT molecular complexity index is 437. The first-order valence-electron chi connectivity index (χ1n) is 3.32. The van der Waals surface area contributed by atoms with E-state index in [0.717, 1.165) is 6.20 Å². The molecule has 2 aromatic heterocycles. The van der Waals surface area contributed by atoms with E-state index in [2.05, 4.69) is 10.1 Å². The molecule has 12 heavy (non-hydrogen) atoms. The number of hydrogen-bond donors (Lipinski definition) is 0. The van der Waals surface area contributed by atoms with Crippen LogP contribution in [0.5, 0.6) is 0 Å². The van der Waals surface area contributed by atoms with Gasteiger partial charge in [-0.15, -0.1) is 0 Å². The molecule has 0 atom stereocenters. The highest BCUT2D eigenvalue weighted by Gasteiger charge is 2.09. The first-order chi connectivity index (χ1) is 5.70. The first-order valence-corrected chi connectivity index (χ1v) is 3.69. The second-order valence-electron chi connectivity index (χ2n) is 2.43. The van der Waals surface area contributed by atoms with Gasteiger partial charge in [0.15, 0.2) is 5.82 Å². The highest BCUT2D eigenvalue weighted by Crippen LogP contribution is 2.22. The van der Waals surface area contributed by atoms with Crippen LogP contribution in [0.1, 0.15) is 0 Å². The smallest absolute Gasteiger partial charge is 0.167 e. The molecule has 2 rings (SSSR count). The van der Waals surface area contributed by atoms with Crippen molar-refractivity contribution in [1.82, 2.24) is 14.8 Å². The summed E-state index contributed by atoms with van der Waals surface area (Å²) in [7, 11) is 1.65. The molecule has 0 unspecified atom stereocenters. The fourth-order valence-corrected chi connectivity index (χ4v) is 1.30. The summed E-state index contributed by atoms with van der Waals surface area (Å²) < 4.78 is 14.5. The zero-order valence-electron chi connectivity index (χ0n) is 6.25. The van der Waals surface area contributed by atoms with E-state index >= 15 is 0 Å². The summed E-state index contributed by atoms with van der Waals surface area (Å²) in [5.41, 5.74) is 0.384. The Balaban J connectivity index is 2.98. The van der Waals surface area contributed by atoms with Crippen LogP contribution in [0.2, 0.25) is 5.15 Å². The maximum Gasteiger partial charge on any atom is 0.167 e. The highest BCUT2D eigenvalue weighted by molar-refractivity contribution is 6.34. The van der Waals surface area contributed by atoms with E-state index in [4.69, 9.17) is 11.6 Å². The summed E-state index contributed by atoms with van der Waals surface area (Å²) in [6, 6.07) is 0. The molecule has 0 radical (unpaired) electrons. The number of aromatic nitrogens is 3. The Morgan fingerprint density at radius 3 is 2.92 bits per heavy atom. The number of nitrogens with zero attached hydrogens (tertiary/aromatic N) is 3. The standard InChI is InChI=1S/C7H5ClFN3/c1-12-6-4(2-11-12)7(8)10-3-5(6)9/h2-3H,1H3. The molecule has 0 saturated heterocycles. The average Bonchev–Trinajstić information content (AvgIpc) is 2.42. The quantitative estimate of drug-likeness (QED) is 0.586. The van der Waals surface area contributed by atoms with Gasteiger partial charge in [-0.1, -0.05) is 11.6 Å². The van der Waals surface area contributed by atoms with Crippen LogP contribution in [-0.2, 0) is 7.05 Å². The molecular weight excluding hydrogens is 181 g/mol. The van der Waals surface area contributed by atoms with Crippen LogP contribution in [-0.4, -0.2) is 14.8 Å². The Kier molecular flexibility index (Phi) is 1.51. The van der Waals surface area contributed by atoms with Gasteiger partial charge in [0.25, 0.3) is 0 Å². The number of hydrogen-bond acceptors (Lipinski definition) is 2. The van der Waals surface area contributed by atoms with E-state index in [1.807, 2.05) is 0 Å². The fourth-order valence-electron chi connectivity index (χ4n) is 1.12. The van der Waals surface area contributed by atoms with Crippen molar-refractivity contribution in [3.05, 3.63) is 23.4 Å². The van der Waals surface area contributed by atoms with Gasteiger partial charge in [-0.25, -0.2) is 9.37 Å². The average molecular weight is 186 g/mol. The third kappa shape index (κ3) is 0.881. The van der Waals surface area contributed by atoms with Crippen LogP contribution in [0.25, 0.3) is 10.9 Å². The molecule has 0 fully saturated rings. The van der Waals surface area contributed by atoms with E-state index in [-0.39, 0.29) is 5.15 Å². The number of halogens is 2. The Hall–Kier alpha value is -1.16. The van der Waals surface area contributed by atoms with Crippen molar-refractivity contribution in [3.8, 4) is 0 Å². The van der Waals surface area contributed by atoms with Crippen LogP contribution < -0.4 is 0 Å². The normalized spacial score (nSPS) is 10.9. The number of aryl methyl sites for hydroxylation is 1. The van der Waals surface area contributed by atoms with Crippen molar-refractivity contribution in [2.24, 2.45) is 7.05 Å². The molecule has 0 bridgehead atoms. The molecule has 62 valence electrons. The molecular formula is C7H5ClFN3. The molecule has 2 heterocycles. The number of pyridine rings is 1. The predicted octanol–water partition coefficient (Wildman–Crippen LogP) is 1.76. The van der Waals surface area contributed by atoms with E-state index in [1.54, 1.807) is 7.05 Å². The molecule has 0 aliphatic carbocycles. The molecule has 0 aromatic carbocycles. The minimum absolute atomic E-state index is 0.277. The number of fused-ring (bicyclic) bond motifs is 1. The minimum atomic E-state index is -0.408. The summed E-state index contributed by atoms with van der Waals surface area (Å²) in [4.78, 5) is 3.66. The van der Waals surface area contributed by atoms with Crippen LogP contribution >= 0.6 is 11.6 Å². The second kappa shape index (κ2) is 2.42. The minimum Gasteiger partial charge on any atom is -0.265 e. The van der Waals surface area contributed by atoms with E-state index in [9.17, 15) is 4.39 Å². The van der Waals surface area contributed by atoms with Crippen LogP contribution in [0.15, 0.2) is 12.4 Å². The zero-order valence-corrected chi connectivity index (χ0v) is 7.01. The zero-order chi connectivity index (χ0) is 8.72. The van der Waals surface area contributed by atoms with Gasteiger partial charge in [0.1, 0.15) is 10.7 Å². The van der Waals surface area contributed by atoms with Crippen LogP contribution in [0.4, 0.5) is 4.39 Å². The van der Waals surface area contributed by atoms with Crippen LogP contribution in [0.3, 0.4) is 0 Å². The maximum atomic E-state index is 13.1. The number of rotatable bonds is 0. The summed E-state index contributed by atoms with van der Waals surface area (Å²) >= 11 is 5.71. The van der Waals surface area contributed by atoms with Crippen molar-refractivity contribution in [1.29, 1.82) is 0 Å². The molecule has 0 spiro atoms. The molecule has 0 N–H and O–H groups in total. The van der Waals surface area contributed by atoms with Gasteiger partial charge in [-0.2, -0.15) is 5.10 Å². The molecule has 0 aliphatic rings. The van der Waals surface area contributed by atoms with Crippen molar-refractivity contribution in [2.75, 3.05) is 0 Å². The maximum absolute atomic E-state index is 13.1. The molecule has 3 nitrogen and oxygen atoms in total. The van der Waals surface area contributed by atoms with E-state index < -0.39 is 5.82 Å². The monoisotopic (exact) mass is 185 g/mol. The van der Waals surface area contributed by atoms with Crippen molar-refractivity contribution in [3.63, 3.8) is 0 Å². The van der Waals surface area contributed by atoms with Gasteiger partial charge in [0.2, 0.25) is 0 Å². The summed E-state index contributed by atoms with van der Waals surface area (Å²) in [5, 5.41) is 4.69. The molecule has 0 amide bonds. The van der Waals surface area contributed by atoms with Crippen LogP contribution in [0, 0.1) is 5.82 Å². The van der Waals surface area contributed by atoms with E-state index in [0.29, 0.717) is 10.9 Å². The van der Waals surface area contributed by atoms with Gasteiger partial charge in [0.05, 0.1) is 17.8 Å². The molecule has 2 aromatic rings. The molecule has 0 saturated carbocycles. The van der Waals surface area contributed by atoms with Crippen molar-refractivity contribution < 1.29 is 4.39 Å². The second-order valence-corrected chi connectivity index (χ2v) is 2.79. The predicted molar refractivity (Wildman–Crippen MR) is 43.5 cm³/mol. The summed E-state index contributed by atoms with van der Waals surface area (Å²) in [6.07, 6.45) is 2.58. The SMILES string of the molecule is Cn1ncc2c(Cl)ncc(F)c21.